The van der Waals surface area contributed by atoms with Crippen LogP contribution in [0.2, 0.25) is 0 Å². The number of pyridine rings is 1. The highest BCUT2D eigenvalue weighted by Crippen LogP contribution is 2.14. The number of ether oxygens (including phenoxy) is 2. The van der Waals surface area contributed by atoms with Crippen molar-refractivity contribution in [3.05, 3.63) is 89.6 Å². The summed E-state index contributed by atoms with van der Waals surface area (Å²) < 4.78 is 11.0. The van der Waals surface area contributed by atoms with Crippen LogP contribution in [0.4, 0.5) is 4.79 Å². The van der Waals surface area contributed by atoms with E-state index in [9.17, 15) is 4.79 Å². The fourth-order valence-electron chi connectivity index (χ4n) is 3.03. The van der Waals surface area contributed by atoms with E-state index < -0.39 is 0 Å². The van der Waals surface area contributed by atoms with Gasteiger partial charge in [-0.1, -0.05) is 42.5 Å². The second kappa shape index (κ2) is 10.9. The molecule has 2 aromatic carbocycles. The number of amides is 2. The Balaban J connectivity index is 1.44. The van der Waals surface area contributed by atoms with Crippen molar-refractivity contribution < 1.29 is 14.3 Å². The second-order valence-electron chi connectivity index (χ2n) is 7.06. The van der Waals surface area contributed by atoms with Crippen molar-refractivity contribution in [2.45, 2.75) is 32.5 Å². The Bertz CT molecular complexity index is 947. The summed E-state index contributed by atoms with van der Waals surface area (Å²) in [5.41, 5.74) is 3.10. The molecule has 30 heavy (non-hydrogen) atoms. The highest BCUT2D eigenvalue weighted by molar-refractivity contribution is 5.74. The number of nitrogens with zero attached hydrogens (tertiary/aromatic N) is 1. The van der Waals surface area contributed by atoms with Crippen LogP contribution in [0.1, 0.15) is 23.6 Å². The standard InChI is InChI=1S/C24H27N3O3/c1-18(13-20-9-6-10-22(14-20)29-2)27-24(28)26-16-21-11-12-25-23(15-21)30-17-19-7-4-3-5-8-19/h3-12,14-15,18H,13,16-17H2,1-2H3,(H2,26,27,28). The van der Waals surface area contributed by atoms with E-state index in [4.69, 9.17) is 9.47 Å². The van der Waals surface area contributed by atoms with Crippen LogP contribution < -0.4 is 20.1 Å². The van der Waals surface area contributed by atoms with Gasteiger partial charge in [-0.2, -0.15) is 0 Å². The molecule has 2 N–H and O–H groups in total. The maximum absolute atomic E-state index is 12.2. The zero-order valence-corrected chi connectivity index (χ0v) is 17.3. The Morgan fingerprint density at radius 2 is 1.80 bits per heavy atom. The summed E-state index contributed by atoms with van der Waals surface area (Å²) in [6, 6.07) is 21.2. The van der Waals surface area contributed by atoms with Crippen LogP contribution in [-0.2, 0) is 19.6 Å². The highest BCUT2D eigenvalue weighted by Gasteiger charge is 2.09. The number of benzene rings is 2. The zero-order valence-electron chi connectivity index (χ0n) is 17.3. The van der Waals surface area contributed by atoms with Crippen LogP contribution in [0.5, 0.6) is 11.6 Å². The predicted octanol–water partition coefficient (Wildman–Crippen LogP) is 4.10. The number of aromatic nitrogens is 1. The molecule has 0 radical (unpaired) electrons. The normalized spacial score (nSPS) is 11.4. The minimum atomic E-state index is -0.214. The van der Waals surface area contributed by atoms with Gasteiger partial charge in [-0.3, -0.25) is 0 Å². The molecule has 0 aliphatic rings. The Kier molecular flexibility index (Phi) is 7.66. The van der Waals surface area contributed by atoms with E-state index in [0.29, 0.717) is 19.0 Å². The molecule has 0 bridgehead atoms. The number of carbonyl (C=O) groups is 1. The van der Waals surface area contributed by atoms with E-state index in [1.807, 2.05) is 73.7 Å². The molecule has 0 fully saturated rings. The minimum absolute atomic E-state index is 0.0145. The zero-order chi connectivity index (χ0) is 21.2. The summed E-state index contributed by atoms with van der Waals surface area (Å²) in [5.74, 6) is 1.34. The largest absolute Gasteiger partial charge is 0.497 e. The van der Waals surface area contributed by atoms with Gasteiger partial charge in [-0.05, 0) is 48.2 Å². The van der Waals surface area contributed by atoms with E-state index in [0.717, 1.165) is 28.9 Å². The van der Waals surface area contributed by atoms with Crippen molar-refractivity contribution in [3.63, 3.8) is 0 Å². The Morgan fingerprint density at radius 1 is 1.00 bits per heavy atom. The molecule has 0 saturated heterocycles. The lowest BCUT2D eigenvalue weighted by molar-refractivity contribution is 0.237. The molecule has 0 saturated carbocycles. The molecule has 156 valence electrons. The molecule has 1 heterocycles. The van der Waals surface area contributed by atoms with E-state index in [1.54, 1.807) is 13.3 Å². The first kappa shape index (κ1) is 21.2. The van der Waals surface area contributed by atoms with E-state index in [-0.39, 0.29) is 12.1 Å². The number of nitrogens with one attached hydrogen (secondary N) is 2. The fraction of sp³-hybridized carbons (Fsp3) is 0.250. The molecule has 3 rings (SSSR count). The Morgan fingerprint density at radius 3 is 2.60 bits per heavy atom. The number of rotatable bonds is 9. The second-order valence-corrected chi connectivity index (χ2v) is 7.06. The molecule has 6 heteroatoms. The minimum Gasteiger partial charge on any atom is -0.497 e. The van der Waals surface area contributed by atoms with Crippen molar-refractivity contribution in [2.24, 2.45) is 0 Å². The van der Waals surface area contributed by atoms with Crippen LogP contribution in [0.25, 0.3) is 0 Å². The molecule has 2 amide bonds. The SMILES string of the molecule is COc1cccc(CC(C)NC(=O)NCc2ccnc(OCc3ccccc3)c2)c1. The van der Waals surface area contributed by atoms with Crippen LogP contribution in [0, 0.1) is 0 Å². The molecule has 1 aromatic heterocycles. The lowest BCUT2D eigenvalue weighted by Gasteiger charge is -2.15. The van der Waals surface area contributed by atoms with Gasteiger partial charge in [0.15, 0.2) is 0 Å². The van der Waals surface area contributed by atoms with E-state index in [1.165, 1.54) is 0 Å². The van der Waals surface area contributed by atoms with Gasteiger partial charge >= 0.3 is 6.03 Å². The lowest BCUT2D eigenvalue weighted by atomic mass is 10.1. The number of methoxy groups -OCH3 is 1. The van der Waals surface area contributed by atoms with Crippen LogP contribution >= 0.6 is 0 Å². The first-order chi connectivity index (χ1) is 14.6. The van der Waals surface area contributed by atoms with E-state index in [2.05, 4.69) is 15.6 Å². The number of carbonyl (C=O) groups excluding carboxylic acids is 1. The van der Waals surface area contributed by atoms with Gasteiger partial charge in [-0.15, -0.1) is 0 Å². The predicted molar refractivity (Wildman–Crippen MR) is 117 cm³/mol. The third-order valence-corrected chi connectivity index (χ3v) is 4.54. The monoisotopic (exact) mass is 405 g/mol. The molecule has 1 atom stereocenters. The topological polar surface area (TPSA) is 72.5 Å². The fourth-order valence-corrected chi connectivity index (χ4v) is 3.03. The van der Waals surface area contributed by atoms with Gasteiger partial charge in [0.05, 0.1) is 7.11 Å². The third-order valence-electron chi connectivity index (χ3n) is 4.54. The third kappa shape index (κ3) is 6.81. The molecule has 0 spiro atoms. The van der Waals surface area contributed by atoms with Gasteiger partial charge in [0.1, 0.15) is 12.4 Å². The van der Waals surface area contributed by atoms with Gasteiger partial charge < -0.3 is 20.1 Å². The molecular weight excluding hydrogens is 378 g/mol. The summed E-state index contributed by atoms with van der Waals surface area (Å²) in [5, 5.41) is 5.84. The first-order valence-electron chi connectivity index (χ1n) is 9.91. The quantitative estimate of drug-likeness (QED) is 0.562. The molecule has 1 unspecified atom stereocenters. The van der Waals surface area contributed by atoms with Gasteiger partial charge in [0.25, 0.3) is 0 Å². The summed E-state index contributed by atoms with van der Waals surface area (Å²) in [4.78, 5) is 16.5. The first-order valence-corrected chi connectivity index (χ1v) is 9.91. The Labute approximate surface area is 177 Å². The average Bonchev–Trinajstić information content (AvgIpc) is 2.77. The van der Waals surface area contributed by atoms with Gasteiger partial charge in [0.2, 0.25) is 5.88 Å². The number of hydrogen-bond donors (Lipinski definition) is 2. The van der Waals surface area contributed by atoms with Crippen molar-refractivity contribution >= 4 is 6.03 Å². The number of urea groups is 1. The van der Waals surface area contributed by atoms with Crippen LogP contribution in [0.3, 0.4) is 0 Å². The molecule has 0 aliphatic carbocycles. The van der Waals surface area contributed by atoms with Crippen LogP contribution in [-0.4, -0.2) is 24.2 Å². The summed E-state index contributed by atoms with van der Waals surface area (Å²) in [7, 11) is 1.64. The Hall–Kier alpha value is -3.54. The maximum atomic E-state index is 12.2. The van der Waals surface area contributed by atoms with Crippen molar-refractivity contribution in [1.82, 2.24) is 15.6 Å². The smallest absolute Gasteiger partial charge is 0.315 e. The maximum Gasteiger partial charge on any atom is 0.315 e. The van der Waals surface area contributed by atoms with Crippen molar-refractivity contribution in [2.75, 3.05) is 7.11 Å². The molecule has 0 aliphatic heterocycles. The summed E-state index contributed by atoms with van der Waals surface area (Å²) >= 11 is 0. The van der Waals surface area contributed by atoms with Gasteiger partial charge in [-0.25, -0.2) is 9.78 Å². The summed E-state index contributed by atoms with van der Waals surface area (Å²) in [6.45, 7) is 2.82. The molecular formula is C24H27N3O3. The van der Waals surface area contributed by atoms with Crippen LogP contribution in [0.15, 0.2) is 72.9 Å². The average molecular weight is 405 g/mol. The molecule has 3 aromatic rings. The van der Waals surface area contributed by atoms with E-state index >= 15 is 0 Å². The van der Waals surface area contributed by atoms with Gasteiger partial charge in [0, 0.05) is 24.8 Å². The highest BCUT2D eigenvalue weighted by atomic mass is 16.5. The van der Waals surface area contributed by atoms with Crippen molar-refractivity contribution in [1.29, 1.82) is 0 Å². The van der Waals surface area contributed by atoms with Crippen molar-refractivity contribution in [3.8, 4) is 11.6 Å². The molecule has 6 nitrogen and oxygen atoms in total. The lowest BCUT2D eigenvalue weighted by Crippen LogP contribution is -2.41. The summed E-state index contributed by atoms with van der Waals surface area (Å²) in [6.07, 6.45) is 2.40. The number of hydrogen-bond acceptors (Lipinski definition) is 4.